The van der Waals surface area contributed by atoms with Gasteiger partial charge in [0.1, 0.15) is 0 Å². The van der Waals surface area contributed by atoms with Crippen molar-refractivity contribution in [1.29, 1.82) is 0 Å². The molecule has 3 aromatic rings. The van der Waals surface area contributed by atoms with E-state index >= 15 is 0 Å². The van der Waals surface area contributed by atoms with Gasteiger partial charge in [-0.25, -0.2) is 0 Å². The molecule has 3 rings (SSSR count). The van der Waals surface area contributed by atoms with Crippen LogP contribution in [0.15, 0.2) is 65.3 Å². The average Bonchev–Trinajstić information content (AvgIpc) is 3.23. The third kappa shape index (κ3) is 4.14. The van der Waals surface area contributed by atoms with E-state index in [9.17, 15) is 9.59 Å². The molecule has 1 atom stereocenters. The molecule has 0 aliphatic carbocycles. The van der Waals surface area contributed by atoms with E-state index in [-0.39, 0.29) is 23.6 Å². The lowest BCUT2D eigenvalue weighted by molar-refractivity contribution is 0.0742. The summed E-state index contributed by atoms with van der Waals surface area (Å²) in [6.07, 6.45) is 1.45. The normalized spacial score (nSPS) is 11.7. The average molecular weight is 376 g/mol. The van der Waals surface area contributed by atoms with E-state index in [0.29, 0.717) is 11.3 Å². The van der Waals surface area contributed by atoms with Crippen LogP contribution in [0.5, 0.6) is 0 Å². The largest absolute Gasteiger partial charge is 0.459 e. The Hall–Kier alpha value is -3.34. The Balaban J connectivity index is 1.79. The number of hydrogen-bond donors (Lipinski definition) is 1. The first-order valence-corrected chi connectivity index (χ1v) is 9.16. The summed E-state index contributed by atoms with van der Waals surface area (Å²) in [4.78, 5) is 27.0. The molecule has 2 aromatic carbocycles. The van der Waals surface area contributed by atoms with Crippen LogP contribution in [0.4, 0.5) is 5.69 Å². The van der Waals surface area contributed by atoms with E-state index in [1.807, 2.05) is 51.1 Å². The Labute approximate surface area is 165 Å². The van der Waals surface area contributed by atoms with Crippen LogP contribution in [-0.2, 0) is 0 Å². The van der Waals surface area contributed by atoms with Gasteiger partial charge in [-0.1, -0.05) is 35.9 Å². The lowest BCUT2D eigenvalue weighted by Gasteiger charge is -2.26. The maximum Gasteiger partial charge on any atom is 0.291 e. The predicted octanol–water partition coefficient (Wildman–Crippen LogP) is 4.98. The molecule has 1 aromatic heterocycles. The van der Waals surface area contributed by atoms with Gasteiger partial charge in [-0.3, -0.25) is 9.59 Å². The van der Waals surface area contributed by atoms with Gasteiger partial charge in [0.05, 0.1) is 12.3 Å². The molecule has 1 N–H and O–H groups in total. The number of carbonyl (C=O) groups excluding carboxylic acids is 2. The molecule has 0 fully saturated rings. The predicted molar refractivity (Wildman–Crippen MR) is 110 cm³/mol. The summed E-state index contributed by atoms with van der Waals surface area (Å²) in [5.74, 6) is -0.234. The zero-order chi connectivity index (χ0) is 20.3. The summed E-state index contributed by atoms with van der Waals surface area (Å²) in [6.45, 7) is 5.91. The third-order valence-corrected chi connectivity index (χ3v) is 4.94. The van der Waals surface area contributed by atoms with Crippen molar-refractivity contribution in [2.45, 2.75) is 26.8 Å². The molecule has 0 saturated heterocycles. The number of rotatable bonds is 5. The van der Waals surface area contributed by atoms with Crippen molar-refractivity contribution in [3.05, 3.63) is 88.9 Å². The molecule has 5 nitrogen and oxygen atoms in total. The van der Waals surface area contributed by atoms with Crippen molar-refractivity contribution in [3.8, 4) is 0 Å². The van der Waals surface area contributed by atoms with E-state index in [4.69, 9.17) is 4.42 Å². The molecule has 0 radical (unpaired) electrons. The van der Waals surface area contributed by atoms with Gasteiger partial charge >= 0.3 is 0 Å². The van der Waals surface area contributed by atoms with Crippen LogP contribution in [0, 0.1) is 13.8 Å². The van der Waals surface area contributed by atoms with Gasteiger partial charge in [-0.15, -0.1) is 0 Å². The van der Waals surface area contributed by atoms with Crippen molar-refractivity contribution < 1.29 is 14.0 Å². The molecule has 0 bridgehead atoms. The van der Waals surface area contributed by atoms with E-state index < -0.39 is 0 Å². The fourth-order valence-electron chi connectivity index (χ4n) is 2.93. The van der Waals surface area contributed by atoms with Crippen LogP contribution in [0.25, 0.3) is 0 Å². The second-order valence-electron chi connectivity index (χ2n) is 6.96. The minimum Gasteiger partial charge on any atom is -0.459 e. The van der Waals surface area contributed by atoms with Gasteiger partial charge in [0, 0.05) is 18.3 Å². The second kappa shape index (κ2) is 8.13. The van der Waals surface area contributed by atoms with Gasteiger partial charge in [0.15, 0.2) is 5.76 Å². The molecule has 28 heavy (non-hydrogen) atoms. The molecule has 5 heteroatoms. The molecule has 1 heterocycles. The highest BCUT2D eigenvalue weighted by atomic mass is 16.3. The fourth-order valence-corrected chi connectivity index (χ4v) is 2.93. The van der Waals surface area contributed by atoms with Crippen LogP contribution < -0.4 is 5.32 Å². The molecule has 0 aliphatic rings. The first-order valence-electron chi connectivity index (χ1n) is 9.16. The van der Waals surface area contributed by atoms with Crippen LogP contribution in [-0.4, -0.2) is 23.8 Å². The number of carbonyl (C=O) groups is 2. The minimum absolute atomic E-state index is 0.0736. The van der Waals surface area contributed by atoms with Gasteiger partial charge in [0.25, 0.3) is 11.8 Å². The minimum atomic E-state index is -0.348. The third-order valence-electron chi connectivity index (χ3n) is 4.94. The maximum atomic E-state index is 13.0. The maximum absolute atomic E-state index is 13.0. The highest BCUT2D eigenvalue weighted by Crippen LogP contribution is 2.24. The Morgan fingerprint density at radius 3 is 2.39 bits per heavy atom. The van der Waals surface area contributed by atoms with Crippen molar-refractivity contribution in [1.82, 2.24) is 4.90 Å². The SMILES string of the molecule is Cc1ccc(C(C)N(C)C(=O)c2ccc(C)c(NC(=O)c3ccco3)c2)cc1. The molecule has 0 spiro atoms. The van der Waals surface area contributed by atoms with E-state index in [1.165, 1.54) is 11.8 Å². The smallest absolute Gasteiger partial charge is 0.291 e. The molecular weight excluding hydrogens is 352 g/mol. The summed E-state index contributed by atoms with van der Waals surface area (Å²) in [5.41, 5.74) is 4.22. The van der Waals surface area contributed by atoms with Crippen molar-refractivity contribution >= 4 is 17.5 Å². The quantitative estimate of drug-likeness (QED) is 0.683. The first-order chi connectivity index (χ1) is 13.4. The number of aryl methyl sites for hydroxylation is 2. The van der Waals surface area contributed by atoms with Gasteiger partial charge in [-0.2, -0.15) is 0 Å². The molecule has 1 unspecified atom stereocenters. The number of nitrogens with one attached hydrogen (secondary N) is 1. The van der Waals surface area contributed by atoms with Crippen molar-refractivity contribution in [3.63, 3.8) is 0 Å². The van der Waals surface area contributed by atoms with E-state index in [2.05, 4.69) is 5.32 Å². The van der Waals surface area contributed by atoms with E-state index in [0.717, 1.165) is 11.1 Å². The standard InChI is InChI=1S/C23H24N2O3/c1-15-7-10-18(11-8-15)17(3)25(4)23(27)19-12-9-16(2)20(14-19)24-22(26)21-6-5-13-28-21/h5-14,17H,1-4H3,(H,24,26). The van der Waals surface area contributed by atoms with Crippen molar-refractivity contribution in [2.24, 2.45) is 0 Å². The zero-order valence-electron chi connectivity index (χ0n) is 16.5. The van der Waals surface area contributed by atoms with Crippen LogP contribution in [0.1, 0.15) is 50.6 Å². The number of hydrogen-bond acceptors (Lipinski definition) is 3. The Bertz CT molecular complexity index is 976. The molecule has 0 saturated carbocycles. The summed E-state index contributed by atoms with van der Waals surface area (Å²) < 4.78 is 5.12. The monoisotopic (exact) mass is 376 g/mol. The topological polar surface area (TPSA) is 62.6 Å². The Morgan fingerprint density at radius 2 is 1.75 bits per heavy atom. The summed E-state index contributed by atoms with van der Waals surface area (Å²) in [7, 11) is 1.79. The molecule has 2 amide bonds. The van der Waals surface area contributed by atoms with Gasteiger partial charge in [0.2, 0.25) is 0 Å². The number of anilines is 1. The van der Waals surface area contributed by atoms with Crippen LogP contribution in [0.3, 0.4) is 0 Å². The first kappa shape index (κ1) is 19.4. The lowest BCUT2D eigenvalue weighted by atomic mass is 10.0. The lowest BCUT2D eigenvalue weighted by Crippen LogP contribution is -2.29. The second-order valence-corrected chi connectivity index (χ2v) is 6.96. The number of furan rings is 1. The van der Waals surface area contributed by atoms with Crippen LogP contribution >= 0.6 is 0 Å². The molecule has 144 valence electrons. The van der Waals surface area contributed by atoms with Gasteiger partial charge in [-0.05, 0) is 56.2 Å². The van der Waals surface area contributed by atoms with Gasteiger partial charge < -0.3 is 14.6 Å². The highest BCUT2D eigenvalue weighted by Gasteiger charge is 2.20. The Morgan fingerprint density at radius 1 is 1.04 bits per heavy atom. The highest BCUT2D eigenvalue weighted by molar-refractivity contribution is 6.04. The molecule has 0 aliphatic heterocycles. The summed E-state index contributed by atoms with van der Waals surface area (Å²) >= 11 is 0. The summed E-state index contributed by atoms with van der Waals surface area (Å²) in [6, 6.07) is 16.6. The fraction of sp³-hybridized carbons (Fsp3) is 0.217. The van der Waals surface area contributed by atoms with E-state index in [1.54, 1.807) is 36.2 Å². The zero-order valence-corrected chi connectivity index (χ0v) is 16.5. The number of amides is 2. The molecular formula is C23H24N2O3. The van der Waals surface area contributed by atoms with Crippen molar-refractivity contribution in [2.75, 3.05) is 12.4 Å². The van der Waals surface area contributed by atoms with Crippen LogP contribution in [0.2, 0.25) is 0 Å². The number of nitrogens with zero attached hydrogens (tertiary/aromatic N) is 1. The Kier molecular flexibility index (Phi) is 5.64. The summed E-state index contributed by atoms with van der Waals surface area (Å²) in [5, 5.41) is 2.81. The number of benzene rings is 2.